The van der Waals surface area contributed by atoms with E-state index in [9.17, 15) is 14.7 Å². The maximum atomic E-state index is 11.8. The Bertz CT molecular complexity index is 405. The summed E-state index contributed by atoms with van der Waals surface area (Å²) >= 11 is 0. The minimum atomic E-state index is -1.38. The quantitative estimate of drug-likeness (QED) is 0.662. The number of nitrogens with one attached hydrogen (secondary N) is 1. The minimum absolute atomic E-state index is 0.0677. The number of amides is 1. The van der Waals surface area contributed by atoms with Gasteiger partial charge in [0.1, 0.15) is 11.7 Å². The Hall–Kier alpha value is -1.40. The lowest BCUT2D eigenvalue weighted by Crippen LogP contribution is -2.49. The number of hydrogen-bond donors (Lipinski definition) is 2. The van der Waals surface area contributed by atoms with Gasteiger partial charge in [0, 0.05) is 6.61 Å². The standard InChI is InChI=1S/C12H17NO5/c1-3-17-8-5-7(11(15)18-4-2)10-12(8,16)6-9(14)13-10/h5,8,10,16H,3-4,6H2,1-2H3,(H,13,14). The van der Waals surface area contributed by atoms with Crippen LogP contribution in [0, 0.1) is 0 Å². The number of aliphatic hydroxyl groups is 1. The third kappa shape index (κ3) is 1.91. The molecule has 0 aromatic rings. The van der Waals surface area contributed by atoms with Gasteiger partial charge in [-0.25, -0.2) is 4.79 Å². The zero-order chi connectivity index (χ0) is 13.3. The van der Waals surface area contributed by atoms with Crippen LogP contribution in [0.5, 0.6) is 0 Å². The van der Waals surface area contributed by atoms with Gasteiger partial charge in [-0.15, -0.1) is 0 Å². The van der Waals surface area contributed by atoms with E-state index in [0.717, 1.165) is 0 Å². The van der Waals surface area contributed by atoms with Crippen molar-refractivity contribution in [1.29, 1.82) is 0 Å². The van der Waals surface area contributed by atoms with Crippen LogP contribution in [0.3, 0.4) is 0 Å². The van der Waals surface area contributed by atoms with Crippen molar-refractivity contribution in [2.24, 2.45) is 0 Å². The monoisotopic (exact) mass is 255 g/mol. The fourth-order valence-corrected chi connectivity index (χ4v) is 2.48. The Balaban J connectivity index is 2.27. The molecule has 0 aromatic heterocycles. The van der Waals surface area contributed by atoms with E-state index in [1.807, 2.05) is 0 Å². The molecule has 1 aliphatic carbocycles. The summed E-state index contributed by atoms with van der Waals surface area (Å²) in [5, 5.41) is 13.1. The van der Waals surface area contributed by atoms with Gasteiger partial charge in [-0.2, -0.15) is 0 Å². The predicted molar refractivity (Wildman–Crippen MR) is 61.6 cm³/mol. The number of hydrogen-bond acceptors (Lipinski definition) is 5. The van der Waals surface area contributed by atoms with E-state index >= 15 is 0 Å². The highest BCUT2D eigenvalue weighted by Crippen LogP contribution is 2.39. The third-order valence-electron chi connectivity index (χ3n) is 3.24. The molecule has 1 amide bonds. The normalized spacial score (nSPS) is 33.9. The molecule has 3 atom stereocenters. The van der Waals surface area contributed by atoms with Crippen molar-refractivity contribution < 1.29 is 24.2 Å². The second kappa shape index (κ2) is 4.70. The van der Waals surface area contributed by atoms with Crippen molar-refractivity contribution in [3.05, 3.63) is 11.6 Å². The molecule has 1 saturated heterocycles. The molecule has 3 unspecified atom stereocenters. The van der Waals surface area contributed by atoms with Crippen molar-refractivity contribution in [2.45, 2.75) is 38.0 Å². The van der Waals surface area contributed by atoms with Crippen LogP contribution in [0.15, 0.2) is 11.6 Å². The summed E-state index contributed by atoms with van der Waals surface area (Å²) in [5.41, 5.74) is -1.11. The highest BCUT2D eigenvalue weighted by atomic mass is 16.5. The van der Waals surface area contributed by atoms with E-state index in [0.29, 0.717) is 6.61 Å². The number of carbonyl (C=O) groups excluding carboxylic acids is 2. The second-order valence-corrected chi connectivity index (χ2v) is 4.39. The largest absolute Gasteiger partial charge is 0.463 e. The van der Waals surface area contributed by atoms with Gasteiger partial charge in [-0.05, 0) is 19.9 Å². The van der Waals surface area contributed by atoms with E-state index in [2.05, 4.69) is 5.32 Å². The number of fused-ring (bicyclic) bond motifs is 1. The molecule has 1 fully saturated rings. The molecule has 1 aliphatic heterocycles. The Labute approximate surface area is 105 Å². The average Bonchev–Trinajstić information content (AvgIpc) is 2.72. The van der Waals surface area contributed by atoms with E-state index in [1.54, 1.807) is 19.9 Å². The minimum Gasteiger partial charge on any atom is -0.463 e. The molecular weight excluding hydrogens is 238 g/mol. The molecule has 2 rings (SSSR count). The van der Waals surface area contributed by atoms with E-state index in [-0.39, 0.29) is 24.5 Å². The SMILES string of the molecule is CCOC(=O)C1=CC(OCC)C2(O)CC(=O)NC12. The van der Waals surface area contributed by atoms with Gasteiger partial charge in [-0.3, -0.25) is 4.79 Å². The van der Waals surface area contributed by atoms with Gasteiger partial charge < -0.3 is 19.9 Å². The van der Waals surface area contributed by atoms with Crippen LogP contribution >= 0.6 is 0 Å². The number of carbonyl (C=O) groups is 2. The van der Waals surface area contributed by atoms with Gasteiger partial charge in [0.05, 0.1) is 24.6 Å². The summed E-state index contributed by atoms with van der Waals surface area (Å²) in [6.07, 6.45) is 0.818. The van der Waals surface area contributed by atoms with Gasteiger partial charge in [0.2, 0.25) is 5.91 Å². The Morgan fingerprint density at radius 2 is 2.28 bits per heavy atom. The van der Waals surface area contributed by atoms with Crippen molar-refractivity contribution in [2.75, 3.05) is 13.2 Å². The van der Waals surface area contributed by atoms with Gasteiger partial charge in [0.15, 0.2) is 0 Å². The van der Waals surface area contributed by atoms with Gasteiger partial charge in [0.25, 0.3) is 0 Å². The van der Waals surface area contributed by atoms with E-state index in [4.69, 9.17) is 9.47 Å². The summed E-state index contributed by atoms with van der Waals surface area (Å²) in [7, 11) is 0. The molecule has 0 radical (unpaired) electrons. The fraction of sp³-hybridized carbons (Fsp3) is 0.667. The fourth-order valence-electron chi connectivity index (χ4n) is 2.48. The summed E-state index contributed by atoms with van der Waals surface area (Å²) in [6, 6.07) is -0.736. The van der Waals surface area contributed by atoms with Crippen LogP contribution in [-0.4, -0.2) is 47.9 Å². The first kappa shape index (κ1) is 13.0. The van der Waals surface area contributed by atoms with Crippen molar-refractivity contribution >= 4 is 11.9 Å². The molecule has 0 spiro atoms. The number of esters is 1. The first-order valence-electron chi connectivity index (χ1n) is 6.05. The van der Waals surface area contributed by atoms with Crippen LogP contribution < -0.4 is 5.32 Å². The average molecular weight is 255 g/mol. The third-order valence-corrected chi connectivity index (χ3v) is 3.24. The molecule has 18 heavy (non-hydrogen) atoms. The molecule has 2 aliphatic rings. The molecule has 0 aromatic carbocycles. The lowest BCUT2D eigenvalue weighted by Gasteiger charge is -2.28. The molecule has 0 saturated carbocycles. The van der Waals surface area contributed by atoms with Crippen LogP contribution in [0.25, 0.3) is 0 Å². The highest BCUT2D eigenvalue weighted by molar-refractivity contribution is 5.95. The number of ether oxygens (including phenoxy) is 2. The molecule has 6 heteroatoms. The molecule has 6 nitrogen and oxygen atoms in total. The van der Waals surface area contributed by atoms with E-state index < -0.39 is 23.7 Å². The predicted octanol–water partition coefficient (Wildman–Crippen LogP) is -0.486. The molecule has 0 bridgehead atoms. The Morgan fingerprint density at radius 1 is 1.56 bits per heavy atom. The summed E-state index contributed by atoms with van der Waals surface area (Å²) in [5.74, 6) is -0.813. The molecule has 2 N–H and O–H groups in total. The topological polar surface area (TPSA) is 84.9 Å². The maximum Gasteiger partial charge on any atom is 0.335 e. The maximum absolute atomic E-state index is 11.8. The van der Waals surface area contributed by atoms with Crippen LogP contribution in [0.2, 0.25) is 0 Å². The van der Waals surface area contributed by atoms with Crippen LogP contribution in [0.1, 0.15) is 20.3 Å². The van der Waals surface area contributed by atoms with Crippen LogP contribution in [0.4, 0.5) is 0 Å². The second-order valence-electron chi connectivity index (χ2n) is 4.39. The lowest BCUT2D eigenvalue weighted by molar-refractivity contribution is -0.139. The summed E-state index contributed by atoms with van der Waals surface area (Å²) < 4.78 is 10.3. The smallest absolute Gasteiger partial charge is 0.335 e. The van der Waals surface area contributed by atoms with Gasteiger partial charge in [-0.1, -0.05) is 0 Å². The lowest BCUT2D eigenvalue weighted by atomic mass is 9.92. The molecule has 1 heterocycles. The van der Waals surface area contributed by atoms with Gasteiger partial charge >= 0.3 is 5.97 Å². The first-order valence-corrected chi connectivity index (χ1v) is 6.05. The Morgan fingerprint density at radius 3 is 2.89 bits per heavy atom. The molecule has 100 valence electrons. The number of rotatable bonds is 4. The van der Waals surface area contributed by atoms with Crippen molar-refractivity contribution in [3.63, 3.8) is 0 Å². The summed E-state index contributed by atoms with van der Waals surface area (Å²) in [6.45, 7) is 4.13. The summed E-state index contributed by atoms with van der Waals surface area (Å²) in [4.78, 5) is 23.2. The first-order chi connectivity index (χ1) is 8.52. The zero-order valence-electron chi connectivity index (χ0n) is 10.4. The van der Waals surface area contributed by atoms with Crippen molar-refractivity contribution in [1.82, 2.24) is 5.32 Å². The van der Waals surface area contributed by atoms with E-state index in [1.165, 1.54) is 0 Å². The molecular formula is C12H17NO5. The highest BCUT2D eigenvalue weighted by Gasteiger charge is 2.58. The van der Waals surface area contributed by atoms with Crippen LogP contribution in [-0.2, 0) is 19.1 Å². The zero-order valence-corrected chi connectivity index (χ0v) is 10.4. The van der Waals surface area contributed by atoms with Crippen molar-refractivity contribution in [3.8, 4) is 0 Å². The Kier molecular flexibility index (Phi) is 3.41.